The van der Waals surface area contributed by atoms with Gasteiger partial charge in [-0.25, -0.2) is 0 Å². The number of carbonyl (C=O) groups is 2. The summed E-state index contributed by atoms with van der Waals surface area (Å²) >= 11 is 0. The molecule has 2 amide bonds. The molecule has 0 fully saturated rings. The molecule has 0 spiro atoms. The smallest absolute Gasteiger partial charge is 0.243 e. The van der Waals surface area contributed by atoms with E-state index < -0.39 is 6.04 Å². The Kier molecular flexibility index (Phi) is 8.22. The van der Waals surface area contributed by atoms with Gasteiger partial charge in [-0.3, -0.25) is 9.59 Å². The molecule has 4 heteroatoms. The van der Waals surface area contributed by atoms with E-state index in [0.717, 1.165) is 17.5 Å². The minimum atomic E-state index is -0.480. The number of carbonyl (C=O) groups excluding carboxylic acids is 2. The van der Waals surface area contributed by atoms with Crippen LogP contribution in [-0.2, 0) is 22.4 Å². The summed E-state index contributed by atoms with van der Waals surface area (Å²) in [6.45, 7) is 12.5. The molecule has 2 aromatic carbocycles. The number of aryl methyl sites for hydroxylation is 2. The van der Waals surface area contributed by atoms with E-state index in [1.807, 2.05) is 52.0 Å². The van der Waals surface area contributed by atoms with Crippen LogP contribution in [0.3, 0.4) is 0 Å². The summed E-state index contributed by atoms with van der Waals surface area (Å²) in [6.07, 6.45) is 1.60. The summed E-state index contributed by atoms with van der Waals surface area (Å²) in [5, 5.41) is 3.05. The molecule has 0 saturated carbocycles. The quantitative estimate of drug-likeness (QED) is 0.693. The van der Waals surface area contributed by atoms with Gasteiger partial charge in [-0.05, 0) is 69.7 Å². The predicted molar refractivity (Wildman–Crippen MR) is 123 cm³/mol. The maximum atomic E-state index is 13.3. The van der Waals surface area contributed by atoms with Crippen LogP contribution in [0.2, 0.25) is 0 Å². The molecule has 0 unspecified atom stereocenters. The Bertz CT molecular complexity index is 853. The maximum Gasteiger partial charge on any atom is 0.243 e. The normalized spacial score (nSPS) is 12.3. The van der Waals surface area contributed by atoms with Gasteiger partial charge in [0.15, 0.2) is 0 Å². The highest BCUT2D eigenvalue weighted by atomic mass is 16.2. The SMILES string of the molecule is CC[C@H](C(=O)NC(C)(C)C)N(CCc1ccccc1)C(=O)Cc1ccc(C)c(C)c1. The van der Waals surface area contributed by atoms with Crippen molar-refractivity contribution in [1.82, 2.24) is 10.2 Å². The van der Waals surface area contributed by atoms with Gasteiger partial charge in [-0.1, -0.05) is 55.5 Å². The molecule has 0 aliphatic heterocycles. The van der Waals surface area contributed by atoms with Gasteiger partial charge in [0.1, 0.15) is 6.04 Å². The van der Waals surface area contributed by atoms with Crippen molar-refractivity contribution in [2.45, 2.75) is 72.4 Å². The average Bonchev–Trinajstić information content (AvgIpc) is 2.67. The van der Waals surface area contributed by atoms with Crippen molar-refractivity contribution in [2.75, 3.05) is 6.54 Å². The third kappa shape index (κ3) is 7.01. The first-order chi connectivity index (χ1) is 14.1. The van der Waals surface area contributed by atoms with Crippen LogP contribution in [0.1, 0.15) is 56.4 Å². The molecule has 0 aliphatic rings. The van der Waals surface area contributed by atoms with Crippen molar-refractivity contribution >= 4 is 11.8 Å². The molecule has 2 aromatic rings. The van der Waals surface area contributed by atoms with Gasteiger partial charge in [0.2, 0.25) is 11.8 Å². The minimum absolute atomic E-state index is 0.00917. The standard InChI is InChI=1S/C26H36N2O2/c1-7-23(25(30)27-26(4,5)6)28(16-15-21-11-9-8-10-12-21)24(29)18-22-14-13-19(2)20(3)17-22/h8-14,17,23H,7,15-16,18H2,1-6H3,(H,27,30)/t23-/m1/s1. The van der Waals surface area contributed by atoms with Gasteiger partial charge in [0.25, 0.3) is 0 Å². The van der Waals surface area contributed by atoms with Crippen molar-refractivity contribution in [1.29, 1.82) is 0 Å². The molecular formula is C26H36N2O2. The maximum absolute atomic E-state index is 13.3. The molecule has 1 N–H and O–H groups in total. The van der Waals surface area contributed by atoms with Crippen LogP contribution in [0.25, 0.3) is 0 Å². The van der Waals surface area contributed by atoms with Gasteiger partial charge in [-0.2, -0.15) is 0 Å². The Morgan fingerprint density at radius 1 is 0.967 bits per heavy atom. The Morgan fingerprint density at radius 2 is 1.63 bits per heavy atom. The molecule has 0 radical (unpaired) electrons. The lowest BCUT2D eigenvalue weighted by Crippen LogP contribution is -2.54. The number of hydrogen-bond donors (Lipinski definition) is 1. The van der Waals surface area contributed by atoms with Gasteiger partial charge in [0, 0.05) is 12.1 Å². The lowest BCUT2D eigenvalue weighted by molar-refractivity contribution is -0.140. The second-order valence-corrected chi connectivity index (χ2v) is 9.08. The summed E-state index contributed by atoms with van der Waals surface area (Å²) in [4.78, 5) is 28.1. The third-order valence-corrected chi connectivity index (χ3v) is 5.29. The molecule has 0 bridgehead atoms. The first-order valence-corrected chi connectivity index (χ1v) is 10.8. The highest BCUT2D eigenvalue weighted by molar-refractivity contribution is 5.88. The van der Waals surface area contributed by atoms with Crippen molar-refractivity contribution in [3.63, 3.8) is 0 Å². The summed E-state index contributed by atoms with van der Waals surface area (Å²) in [6, 6.07) is 15.7. The number of amides is 2. The van der Waals surface area contributed by atoms with E-state index in [-0.39, 0.29) is 17.4 Å². The van der Waals surface area contributed by atoms with Crippen LogP contribution in [0, 0.1) is 13.8 Å². The fourth-order valence-corrected chi connectivity index (χ4v) is 3.54. The predicted octanol–water partition coefficient (Wildman–Crippen LogP) is 4.61. The number of nitrogens with zero attached hydrogens (tertiary/aromatic N) is 1. The molecule has 162 valence electrons. The van der Waals surface area contributed by atoms with Crippen LogP contribution >= 0.6 is 0 Å². The topological polar surface area (TPSA) is 49.4 Å². The van der Waals surface area contributed by atoms with Crippen LogP contribution in [0.15, 0.2) is 48.5 Å². The zero-order valence-corrected chi connectivity index (χ0v) is 19.3. The van der Waals surface area contributed by atoms with Crippen LogP contribution in [0.5, 0.6) is 0 Å². The van der Waals surface area contributed by atoms with Gasteiger partial charge in [-0.15, -0.1) is 0 Å². The summed E-state index contributed by atoms with van der Waals surface area (Å²) in [5.41, 5.74) is 4.19. The molecule has 2 rings (SSSR count). The van der Waals surface area contributed by atoms with E-state index in [0.29, 0.717) is 19.4 Å². The fourth-order valence-electron chi connectivity index (χ4n) is 3.54. The molecule has 1 atom stereocenters. The Morgan fingerprint density at radius 3 is 2.20 bits per heavy atom. The number of nitrogens with one attached hydrogen (secondary N) is 1. The second-order valence-electron chi connectivity index (χ2n) is 9.08. The number of rotatable bonds is 8. The molecule has 4 nitrogen and oxygen atoms in total. The molecule has 30 heavy (non-hydrogen) atoms. The fraction of sp³-hybridized carbons (Fsp3) is 0.462. The lowest BCUT2D eigenvalue weighted by atomic mass is 10.0. The minimum Gasteiger partial charge on any atom is -0.350 e. The van der Waals surface area contributed by atoms with E-state index in [4.69, 9.17) is 0 Å². The molecule has 0 heterocycles. The first kappa shape index (κ1) is 23.7. The van der Waals surface area contributed by atoms with E-state index in [9.17, 15) is 9.59 Å². The number of hydrogen-bond acceptors (Lipinski definition) is 2. The highest BCUT2D eigenvalue weighted by Crippen LogP contribution is 2.15. The monoisotopic (exact) mass is 408 g/mol. The van der Waals surface area contributed by atoms with Gasteiger partial charge in [0.05, 0.1) is 6.42 Å². The van der Waals surface area contributed by atoms with E-state index in [2.05, 4.69) is 43.4 Å². The highest BCUT2D eigenvalue weighted by Gasteiger charge is 2.30. The summed E-state index contributed by atoms with van der Waals surface area (Å²) < 4.78 is 0. The summed E-state index contributed by atoms with van der Waals surface area (Å²) in [5.74, 6) is -0.100. The third-order valence-electron chi connectivity index (χ3n) is 5.29. The van der Waals surface area contributed by atoms with E-state index in [1.54, 1.807) is 4.90 Å². The Labute approximate surface area is 181 Å². The number of benzene rings is 2. The van der Waals surface area contributed by atoms with Crippen molar-refractivity contribution in [3.05, 3.63) is 70.8 Å². The molecule has 0 aliphatic carbocycles. The zero-order chi connectivity index (χ0) is 22.3. The van der Waals surface area contributed by atoms with Crippen molar-refractivity contribution in [3.8, 4) is 0 Å². The second kappa shape index (κ2) is 10.4. The molecular weight excluding hydrogens is 372 g/mol. The lowest BCUT2D eigenvalue weighted by Gasteiger charge is -2.33. The van der Waals surface area contributed by atoms with Crippen LogP contribution < -0.4 is 5.32 Å². The average molecular weight is 409 g/mol. The first-order valence-electron chi connectivity index (χ1n) is 10.8. The summed E-state index contributed by atoms with van der Waals surface area (Å²) in [7, 11) is 0. The van der Waals surface area contributed by atoms with E-state index >= 15 is 0 Å². The van der Waals surface area contributed by atoms with Gasteiger partial charge < -0.3 is 10.2 Å². The Hall–Kier alpha value is -2.62. The van der Waals surface area contributed by atoms with Crippen LogP contribution in [0.4, 0.5) is 0 Å². The largest absolute Gasteiger partial charge is 0.350 e. The zero-order valence-electron chi connectivity index (χ0n) is 19.3. The van der Waals surface area contributed by atoms with Crippen LogP contribution in [-0.4, -0.2) is 34.8 Å². The van der Waals surface area contributed by atoms with Crippen molar-refractivity contribution < 1.29 is 9.59 Å². The van der Waals surface area contributed by atoms with Crippen molar-refractivity contribution in [2.24, 2.45) is 0 Å². The molecule has 0 saturated heterocycles. The molecule has 0 aromatic heterocycles. The Balaban J connectivity index is 2.24. The van der Waals surface area contributed by atoms with E-state index in [1.165, 1.54) is 11.1 Å². The van der Waals surface area contributed by atoms with Gasteiger partial charge >= 0.3 is 0 Å².